The third-order valence-corrected chi connectivity index (χ3v) is 7.21. The zero-order valence-electron chi connectivity index (χ0n) is 19.2. The second-order valence-corrected chi connectivity index (χ2v) is 12.2. The Bertz CT molecular complexity index is 1470. The molecule has 0 atom stereocenters. The smallest absolute Gasteiger partial charge is 0.282 e. The molecule has 0 radical (unpaired) electrons. The van der Waals surface area contributed by atoms with Gasteiger partial charge in [0.15, 0.2) is 0 Å². The number of aromatic nitrogens is 2. The van der Waals surface area contributed by atoms with Crippen LogP contribution in [-0.4, -0.2) is 15.9 Å². The van der Waals surface area contributed by atoms with Gasteiger partial charge < -0.3 is 4.74 Å². The minimum atomic E-state index is -0.390. The second-order valence-electron chi connectivity index (χ2n) is 8.94. The maximum atomic E-state index is 13.3. The highest BCUT2D eigenvalue weighted by Crippen LogP contribution is 2.29. The van der Waals surface area contributed by atoms with Gasteiger partial charge in [0.1, 0.15) is 24.0 Å². The van der Waals surface area contributed by atoms with Gasteiger partial charge in [0.25, 0.3) is 5.56 Å². The highest BCUT2D eigenvalue weighted by Gasteiger charge is 2.23. The third kappa shape index (κ3) is 6.11. The number of fused-ring (bicyclic) bond motifs is 1. The predicted molar refractivity (Wildman–Crippen MR) is 158 cm³/mol. The van der Waals surface area contributed by atoms with E-state index in [-0.39, 0.29) is 11.4 Å². The molecule has 0 saturated carbocycles. The van der Waals surface area contributed by atoms with E-state index in [9.17, 15) is 9.18 Å². The zero-order chi connectivity index (χ0) is 25.3. The number of nitrogens with zero attached hydrogens (tertiary/aromatic N) is 3. The fourth-order valence-electron chi connectivity index (χ4n) is 3.39. The molecule has 0 spiro atoms. The molecule has 4 rings (SSSR count). The van der Waals surface area contributed by atoms with Crippen LogP contribution < -0.4 is 10.3 Å². The summed E-state index contributed by atoms with van der Waals surface area (Å²) in [5.41, 5.74) is 1.74. The maximum absolute atomic E-state index is 13.3. The van der Waals surface area contributed by atoms with Gasteiger partial charge in [-0.1, -0.05) is 48.8 Å². The molecule has 180 valence electrons. The third-order valence-electron chi connectivity index (χ3n) is 5.12. The van der Waals surface area contributed by atoms with Crippen LogP contribution in [-0.2, 0) is 12.0 Å². The van der Waals surface area contributed by atoms with Gasteiger partial charge in [-0.3, -0.25) is 4.79 Å². The molecule has 3 aromatic carbocycles. The molecule has 5 nitrogen and oxygen atoms in total. The fourth-order valence-corrected chi connectivity index (χ4v) is 5.88. The van der Waals surface area contributed by atoms with Crippen LogP contribution in [0.1, 0.15) is 37.7 Å². The van der Waals surface area contributed by atoms with Crippen LogP contribution in [0.2, 0.25) is 0 Å². The van der Waals surface area contributed by atoms with Gasteiger partial charge in [0, 0.05) is 9.89 Å². The Morgan fingerprint density at radius 1 is 1.09 bits per heavy atom. The van der Waals surface area contributed by atoms with E-state index in [4.69, 9.17) is 9.72 Å². The highest BCUT2D eigenvalue weighted by molar-refractivity contribution is 14.1. The Labute approximate surface area is 238 Å². The summed E-state index contributed by atoms with van der Waals surface area (Å²) >= 11 is 7.87. The van der Waals surface area contributed by atoms with E-state index in [0.29, 0.717) is 23.3 Å². The van der Waals surface area contributed by atoms with Gasteiger partial charge in [0.05, 0.1) is 24.3 Å². The molecule has 4 aromatic rings. The van der Waals surface area contributed by atoms with Crippen LogP contribution >= 0.6 is 61.1 Å². The molecule has 0 aliphatic carbocycles. The van der Waals surface area contributed by atoms with E-state index in [0.717, 1.165) is 28.5 Å². The lowest BCUT2D eigenvalue weighted by atomic mass is 9.95. The number of hydrogen-bond acceptors (Lipinski definition) is 4. The van der Waals surface area contributed by atoms with Crippen molar-refractivity contribution in [2.75, 3.05) is 0 Å². The number of benzene rings is 3. The van der Waals surface area contributed by atoms with Crippen molar-refractivity contribution in [3.8, 4) is 5.75 Å². The lowest BCUT2D eigenvalue weighted by Gasteiger charge is -2.21. The Kier molecular flexibility index (Phi) is 7.96. The van der Waals surface area contributed by atoms with E-state index in [1.54, 1.807) is 24.4 Å². The molecule has 0 saturated heterocycles. The first-order valence-corrected chi connectivity index (χ1v) is 13.6. The van der Waals surface area contributed by atoms with Crippen molar-refractivity contribution < 1.29 is 9.13 Å². The molecule has 9 heteroatoms. The molecular weight excluding hydrogens is 739 g/mol. The minimum absolute atomic E-state index is 0.221. The number of ether oxygens (including phenoxy) is 1. The Balaban J connectivity index is 1.68. The van der Waals surface area contributed by atoms with Crippen molar-refractivity contribution in [2.45, 2.75) is 32.8 Å². The average molecular weight is 760 g/mol. The lowest BCUT2D eigenvalue weighted by Crippen LogP contribution is -2.29. The van der Waals surface area contributed by atoms with Gasteiger partial charge in [0.2, 0.25) is 0 Å². The summed E-state index contributed by atoms with van der Waals surface area (Å²) in [5.74, 6) is 1.05. The second kappa shape index (κ2) is 10.6. The molecule has 35 heavy (non-hydrogen) atoms. The first-order valence-electron chi connectivity index (χ1n) is 10.7. The van der Waals surface area contributed by atoms with E-state index < -0.39 is 5.41 Å². The molecule has 0 unspecified atom stereocenters. The van der Waals surface area contributed by atoms with E-state index in [1.165, 1.54) is 16.8 Å². The normalized spacial score (nSPS) is 12.0. The lowest BCUT2D eigenvalue weighted by molar-refractivity contribution is 0.301. The number of hydrogen-bond donors (Lipinski definition) is 0. The van der Waals surface area contributed by atoms with Crippen LogP contribution in [0.15, 0.2) is 69.0 Å². The van der Waals surface area contributed by atoms with Crippen LogP contribution in [0.25, 0.3) is 10.9 Å². The van der Waals surface area contributed by atoms with Crippen molar-refractivity contribution in [1.29, 1.82) is 0 Å². The van der Waals surface area contributed by atoms with Crippen LogP contribution in [0.4, 0.5) is 4.39 Å². The Morgan fingerprint density at radius 2 is 1.74 bits per heavy atom. The number of rotatable bonds is 5. The molecule has 0 bridgehead atoms. The van der Waals surface area contributed by atoms with Crippen molar-refractivity contribution in [1.82, 2.24) is 9.66 Å². The monoisotopic (exact) mass is 759 g/mol. The largest absolute Gasteiger partial charge is 0.487 e. The fraction of sp³-hybridized carbons (Fsp3) is 0.192. The topological polar surface area (TPSA) is 56.5 Å². The summed E-state index contributed by atoms with van der Waals surface area (Å²) in [6.07, 6.45) is 1.66. The van der Waals surface area contributed by atoms with E-state index >= 15 is 0 Å². The highest BCUT2D eigenvalue weighted by atomic mass is 127. The van der Waals surface area contributed by atoms with Gasteiger partial charge in [-0.2, -0.15) is 9.78 Å². The van der Waals surface area contributed by atoms with Crippen molar-refractivity contribution in [2.24, 2.45) is 5.10 Å². The van der Waals surface area contributed by atoms with Gasteiger partial charge in [-0.15, -0.1) is 0 Å². The zero-order valence-corrected chi connectivity index (χ0v) is 25.1. The quantitative estimate of drug-likeness (QED) is 0.159. The Hall–Kier alpha value is -1.86. The van der Waals surface area contributed by atoms with E-state index in [1.807, 2.05) is 45.0 Å². The number of halogens is 4. The van der Waals surface area contributed by atoms with Crippen LogP contribution in [0.5, 0.6) is 5.75 Å². The van der Waals surface area contributed by atoms with Crippen molar-refractivity contribution >= 4 is 78.2 Å². The molecule has 0 N–H and O–H groups in total. The minimum Gasteiger partial charge on any atom is -0.487 e. The molecule has 0 aliphatic rings. The predicted octanol–water partition coefficient (Wildman–Crippen LogP) is 7.27. The standard InChI is InChI=1S/C26H21BrFI2N3O2/c1-26(2,3)25-32-22-9-6-17(27)12-19(22)24(34)33(25)31-13-16-10-20(29)23(21(30)11-16)35-14-15-4-7-18(28)8-5-15/h4-13H,14H2,1-3H3. The Morgan fingerprint density at radius 3 is 2.37 bits per heavy atom. The maximum Gasteiger partial charge on any atom is 0.282 e. The first-order chi connectivity index (χ1) is 16.5. The molecule has 1 heterocycles. The summed E-state index contributed by atoms with van der Waals surface area (Å²) in [5, 5.41) is 5.05. The summed E-state index contributed by atoms with van der Waals surface area (Å²) in [6, 6.07) is 15.6. The van der Waals surface area contributed by atoms with Crippen molar-refractivity contribution in [3.05, 3.63) is 99.3 Å². The van der Waals surface area contributed by atoms with Gasteiger partial charge in [-0.25, -0.2) is 9.37 Å². The summed E-state index contributed by atoms with van der Waals surface area (Å²) < 4.78 is 23.1. The van der Waals surface area contributed by atoms with Crippen LogP contribution in [0, 0.1) is 13.0 Å². The summed E-state index contributed by atoms with van der Waals surface area (Å²) in [4.78, 5) is 18.1. The molecule has 0 aliphatic heterocycles. The summed E-state index contributed by atoms with van der Waals surface area (Å²) in [6.45, 7) is 6.35. The van der Waals surface area contributed by atoms with Gasteiger partial charge >= 0.3 is 0 Å². The SMILES string of the molecule is CC(C)(C)c1nc2ccc(Br)cc2c(=O)n1N=Cc1cc(I)c(OCc2ccc(F)cc2)c(I)c1. The van der Waals surface area contributed by atoms with Crippen LogP contribution in [0.3, 0.4) is 0 Å². The molecule has 0 fully saturated rings. The van der Waals surface area contributed by atoms with Crippen molar-refractivity contribution in [3.63, 3.8) is 0 Å². The molecular formula is C26H21BrFI2N3O2. The molecule has 1 aromatic heterocycles. The first kappa shape index (κ1) is 26.2. The molecule has 0 amide bonds. The summed E-state index contributed by atoms with van der Waals surface area (Å²) in [7, 11) is 0. The average Bonchev–Trinajstić information content (AvgIpc) is 2.78. The van der Waals surface area contributed by atoms with Gasteiger partial charge in [-0.05, 0) is 98.8 Å². The van der Waals surface area contributed by atoms with E-state index in [2.05, 4.69) is 66.2 Å².